The van der Waals surface area contributed by atoms with Crippen molar-refractivity contribution in [1.82, 2.24) is 19.9 Å². The van der Waals surface area contributed by atoms with E-state index in [0.717, 1.165) is 42.8 Å². The summed E-state index contributed by atoms with van der Waals surface area (Å²) >= 11 is 0. The molecule has 0 saturated carbocycles. The van der Waals surface area contributed by atoms with Crippen LogP contribution in [0.3, 0.4) is 0 Å². The van der Waals surface area contributed by atoms with Crippen LogP contribution < -0.4 is 10.2 Å². The number of fused-ring (bicyclic) bond motifs is 1. The third-order valence-electron chi connectivity index (χ3n) is 3.98. The fraction of sp³-hybridized carbons (Fsp3) is 0.500. The smallest absolute Gasteiger partial charge is 0.224 e. The summed E-state index contributed by atoms with van der Waals surface area (Å²) in [7, 11) is 3.67. The van der Waals surface area contributed by atoms with E-state index >= 15 is 0 Å². The van der Waals surface area contributed by atoms with Gasteiger partial charge >= 0.3 is 0 Å². The van der Waals surface area contributed by atoms with Crippen molar-refractivity contribution in [1.29, 1.82) is 0 Å². The fourth-order valence-corrected chi connectivity index (χ4v) is 2.90. The molecule has 1 unspecified atom stereocenters. The maximum Gasteiger partial charge on any atom is 0.224 e. The zero-order valence-electron chi connectivity index (χ0n) is 11.8. The Morgan fingerprint density at radius 2 is 2.30 bits per heavy atom. The molecule has 1 fully saturated rings. The van der Waals surface area contributed by atoms with E-state index < -0.39 is 0 Å². The van der Waals surface area contributed by atoms with Crippen LogP contribution in [-0.4, -0.2) is 40.6 Å². The van der Waals surface area contributed by atoms with Crippen LogP contribution in [0.1, 0.15) is 12.8 Å². The van der Waals surface area contributed by atoms with E-state index in [1.54, 1.807) is 13.4 Å². The third-order valence-corrected chi connectivity index (χ3v) is 3.98. The van der Waals surface area contributed by atoms with Gasteiger partial charge in [-0.3, -0.25) is 4.79 Å². The van der Waals surface area contributed by atoms with Gasteiger partial charge in [0.05, 0.1) is 11.3 Å². The molecule has 0 spiro atoms. The van der Waals surface area contributed by atoms with Crippen LogP contribution in [0.15, 0.2) is 18.6 Å². The molecule has 1 atom stereocenters. The molecule has 6 nitrogen and oxygen atoms in total. The molecule has 1 N–H and O–H groups in total. The number of aryl methyl sites for hydroxylation is 1. The van der Waals surface area contributed by atoms with Gasteiger partial charge in [-0.15, -0.1) is 0 Å². The first-order chi connectivity index (χ1) is 9.70. The maximum atomic E-state index is 11.8. The zero-order chi connectivity index (χ0) is 14.1. The van der Waals surface area contributed by atoms with Crippen LogP contribution in [-0.2, 0) is 11.8 Å². The molecule has 1 aliphatic heterocycles. The number of hydrogen-bond donors (Lipinski definition) is 1. The first-order valence-electron chi connectivity index (χ1n) is 6.93. The van der Waals surface area contributed by atoms with Crippen molar-refractivity contribution >= 4 is 22.8 Å². The van der Waals surface area contributed by atoms with Crippen molar-refractivity contribution in [2.24, 2.45) is 13.0 Å². The van der Waals surface area contributed by atoms with Crippen molar-refractivity contribution in [3.05, 3.63) is 18.6 Å². The number of nitrogens with zero attached hydrogens (tertiary/aromatic N) is 4. The summed E-state index contributed by atoms with van der Waals surface area (Å²) in [6.07, 6.45) is 5.54. The van der Waals surface area contributed by atoms with Crippen LogP contribution in [0.5, 0.6) is 0 Å². The van der Waals surface area contributed by atoms with Crippen LogP contribution in [0, 0.1) is 5.92 Å². The quantitative estimate of drug-likeness (QED) is 0.884. The number of amides is 1. The summed E-state index contributed by atoms with van der Waals surface area (Å²) in [5.74, 6) is 1.10. The third kappa shape index (κ3) is 2.11. The second-order valence-corrected chi connectivity index (χ2v) is 5.26. The van der Waals surface area contributed by atoms with Gasteiger partial charge in [-0.1, -0.05) is 0 Å². The lowest BCUT2D eigenvalue weighted by molar-refractivity contribution is -0.124. The van der Waals surface area contributed by atoms with E-state index in [2.05, 4.69) is 20.2 Å². The van der Waals surface area contributed by atoms with Gasteiger partial charge in [-0.2, -0.15) is 0 Å². The lowest BCUT2D eigenvalue weighted by Gasteiger charge is -2.32. The molecule has 20 heavy (non-hydrogen) atoms. The molecule has 6 heteroatoms. The molecule has 1 aliphatic rings. The van der Waals surface area contributed by atoms with Gasteiger partial charge in [0, 0.05) is 33.4 Å². The van der Waals surface area contributed by atoms with Gasteiger partial charge in [0.1, 0.15) is 17.8 Å². The highest BCUT2D eigenvalue weighted by Gasteiger charge is 2.26. The molecule has 2 aromatic rings. The fourth-order valence-electron chi connectivity index (χ4n) is 2.90. The lowest BCUT2D eigenvalue weighted by Crippen LogP contribution is -2.42. The summed E-state index contributed by atoms with van der Waals surface area (Å²) < 4.78 is 1.99. The first-order valence-corrected chi connectivity index (χ1v) is 6.93. The Kier molecular flexibility index (Phi) is 3.30. The van der Waals surface area contributed by atoms with Crippen molar-refractivity contribution < 1.29 is 4.79 Å². The standard InChI is InChI=1S/C14H19N5O/c1-15-14(20)10-4-3-6-19(8-10)13-11-5-7-18(2)12(11)16-9-17-13/h5,7,9-10H,3-4,6,8H2,1-2H3,(H,15,20). The molecular weight excluding hydrogens is 254 g/mol. The van der Waals surface area contributed by atoms with Gasteiger partial charge in [0.25, 0.3) is 0 Å². The normalized spacial score (nSPS) is 19.3. The minimum absolute atomic E-state index is 0.0440. The van der Waals surface area contributed by atoms with E-state index in [0.29, 0.717) is 0 Å². The van der Waals surface area contributed by atoms with Crippen molar-refractivity contribution in [3.8, 4) is 0 Å². The van der Waals surface area contributed by atoms with Crippen LogP contribution in [0.2, 0.25) is 0 Å². The van der Waals surface area contributed by atoms with E-state index in [1.165, 1.54) is 0 Å². The Hall–Kier alpha value is -2.11. The Morgan fingerprint density at radius 3 is 3.10 bits per heavy atom. The second kappa shape index (κ2) is 5.11. The molecule has 3 heterocycles. The minimum atomic E-state index is 0.0440. The molecule has 0 aromatic carbocycles. The number of anilines is 1. The van der Waals surface area contributed by atoms with Gasteiger partial charge in [0.2, 0.25) is 5.91 Å². The average Bonchev–Trinajstić information content (AvgIpc) is 2.88. The topological polar surface area (TPSA) is 63.1 Å². The van der Waals surface area contributed by atoms with Crippen LogP contribution in [0.4, 0.5) is 5.82 Å². The molecule has 0 bridgehead atoms. The largest absolute Gasteiger partial charge is 0.359 e. The minimum Gasteiger partial charge on any atom is -0.359 e. The molecular formula is C14H19N5O. The molecule has 3 rings (SSSR count). The summed E-state index contributed by atoms with van der Waals surface area (Å²) in [5, 5.41) is 3.79. The molecule has 1 saturated heterocycles. The maximum absolute atomic E-state index is 11.8. The molecule has 106 valence electrons. The monoisotopic (exact) mass is 273 g/mol. The van der Waals surface area contributed by atoms with Gasteiger partial charge in [-0.25, -0.2) is 9.97 Å². The number of piperidine rings is 1. The number of aromatic nitrogens is 3. The highest BCUT2D eigenvalue weighted by molar-refractivity contribution is 5.88. The summed E-state index contributed by atoms with van der Waals surface area (Å²) in [5.41, 5.74) is 0.928. The lowest BCUT2D eigenvalue weighted by atomic mass is 9.97. The van der Waals surface area contributed by atoms with Gasteiger partial charge in [-0.05, 0) is 18.9 Å². The van der Waals surface area contributed by atoms with E-state index in [-0.39, 0.29) is 11.8 Å². The van der Waals surface area contributed by atoms with Crippen LogP contribution in [0.25, 0.3) is 11.0 Å². The highest BCUT2D eigenvalue weighted by atomic mass is 16.1. The van der Waals surface area contributed by atoms with E-state index in [1.807, 2.05) is 23.9 Å². The predicted octanol–water partition coefficient (Wildman–Crippen LogP) is 0.931. The Morgan fingerprint density at radius 1 is 1.45 bits per heavy atom. The average molecular weight is 273 g/mol. The molecule has 0 aliphatic carbocycles. The van der Waals surface area contributed by atoms with Gasteiger partial charge in [0.15, 0.2) is 0 Å². The van der Waals surface area contributed by atoms with E-state index in [4.69, 9.17) is 0 Å². The zero-order valence-corrected chi connectivity index (χ0v) is 11.8. The first kappa shape index (κ1) is 12.9. The Balaban J connectivity index is 1.92. The summed E-state index contributed by atoms with van der Waals surface area (Å²) in [6, 6.07) is 2.04. The van der Waals surface area contributed by atoms with Crippen LogP contribution >= 0.6 is 0 Å². The Labute approximate surface area is 117 Å². The molecule has 1 amide bonds. The number of nitrogens with one attached hydrogen (secondary N) is 1. The van der Waals surface area contributed by atoms with E-state index in [9.17, 15) is 4.79 Å². The summed E-state index contributed by atoms with van der Waals surface area (Å²) in [6.45, 7) is 1.66. The molecule has 2 aromatic heterocycles. The van der Waals surface area contributed by atoms with Crippen molar-refractivity contribution in [2.45, 2.75) is 12.8 Å². The predicted molar refractivity (Wildman–Crippen MR) is 77.5 cm³/mol. The second-order valence-electron chi connectivity index (χ2n) is 5.26. The Bertz CT molecular complexity index is 636. The van der Waals surface area contributed by atoms with Crippen molar-refractivity contribution in [3.63, 3.8) is 0 Å². The number of carbonyl (C=O) groups is 1. The molecule has 0 radical (unpaired) electrons. The summed E-state index contributed by atoms with van der Waals surface area (Å²) in [4.78, 5) is 22.8. The highest BCUT2D eigenvalue weighted by Crippen LogP contribution is 2.27. The SMILES string of the molecule is CNC(=O)C1CCCN(c2ncnc3c2ccn3C)C1. The number of hydrogen-bond acceptors (Lipinski definition) is 4. The van der Waals surface area contributed by atoms with Crippen molar-refractivity contribution in [2.75, 3.05) is 25.0 Å². The number of carbonyl (C=O) groups excluding carboxylic acids is 1. The number of rotatable bonds is 2. The van der Waals surface area contributed by atoms with Gasteiger partial charge < -0.3 is 14.8 Å².